The molecule has 2 saturated carbocycles. The van der Waals surface area contributed by atoms with E-state index >= 15 is 0 Å². The largest absolute Gasteiger partial charge is 0.206 e. The van der Waals surface area contributed by atoms with Crippen molar-refractivity contribution in [1.82, 2.24) is 0 Å². The summed E-state index contributed by atoms with van der Waals surface area (Å²) in [6.07, 6.45) is 11.4. The molecule has 2 aromatic rings. The van der Waals surface area contributed by atoms with Crippen LogP contribution in [-0.4, -0.2) is 0 Å². The Balaban J connectivity index is 1.44. The van der Waals surface area contributed by atoms with Crippen LogP contribution in [-0.2, 0) is 0 Å². The molecule has 0 heterocycles. The Bertz CT molecular complexity index is 1040. The summed E-state index contributed by atoms with van der Waals surface area (Å²) >= 11 is 0. The van der Waals surface area contributed by atoms with E-state index in [-0.39, 0.29) is 5.92 Å². The second-order valence-corrected chi connectivity index (χ2v) is 10.3. The van der Waals surface area contributed by atoms with Gasteiger partial charge in [0.1, 0.15) is 11.6 Å². The lowest BCUT2D eigenvalue weighted by Crippen LogP contribution is -2.25. The molecule has 190 valence electrons. The first-order valence-electron chi connectivity index (χ1n) is 12.8. The number of halogens is 6. The van der Waals surface area contributed by atoms with Crippen molar-refractivity contribution in [2.24, 2.45) is 17.8 Å². The fourth-order valence-electron chi connectivity index (χ4n) is 6.19. The zero-order valence-corrected chi connectivity index (χ0v) is 20.0. The second kappa shape index (κ2) is 11.2. The van der Waals surface area contributed by atoms with Gasteiger partial charge in [0, 0.05) is 5.56 Å². The summed E-state index contributed by atoms with van der Waals surface area (Å²) in [6.45, 7) is 2.24. The molecule has 0 amide bonds. The van der Waals surface area contributed by atoms with Crippen molar-refractivity contribution >= 4 is 11.7 Å². The summed E-state index contributed by atoms with van der Waals surface area (Å²) < 4.78 is 85.2. The van der Waals surface area contributed by atoms with Gasteiger partial charge in [-0.1, -0.05) is 32.6 Å². The third kappa shape index (κ3) is 5.78. The van der Waals surface area contributed by atoms with Gasteiger partial charge in [0.25, 0.3) is 0 Å². The first-order valence-corrected chi connectivity index (χ1v) is 12.8. The molecule has 0 aromatic heterocycles. The van der Waals surface area contributed by atoms with Gasteiger partial charge < -0.3 is 0 Å². The average Bonchev–Trinajstić information content (AvgIpc) is 2.85. The van der Waals surface area contributed by atoms with E-state index < -0.39 is 46.0 Å². The van der Waals surface area contributed by atoms with E-state index in [4.69, 9.17) is 0 Å². The summed E-state index contributed by atoms with van der Waals surface area (Å²) in [6, 6.07) is 4.05. The van der Waals surface area contributed by atoms with Crippen LogP contribution in [0.25, 0.3) is 11.7 Å². The van der Waals surface area contributed by atoms with E-state index in [0.29, 0.717) is 23.6 Å². The van der Waals surface area contributed by atoms with Gasteiger partial charge in [-0.15, -0.1) is 0 Å². The quantitative estimate of drug-likeness (QED) is 0.277. The molecule has 0 radical (unpaired) electrons. The van der Waals surface area contributed by atoms with E-state index in [0.717, 1.165) is 55.7 Å². The van der Waals surface area contributed by atoms with E-state index in [1.807, 2.05) is 0 Å². The van der Waals surface area contributed by atoms with E-state index in [1.54, 1.807) is 0 Å². The van der Waals surface area contributed by atoms with Crippen LogP contribution in [0.5, 0.6) is 0 Å². The third-order valence-electron chi connectivity index (χ3n) is 8.15. The fraction of sp³-hybridized carbons (Fsp3) is 0.517. The van der Waals surface area contributed by atoms with E-state index in [1.165, 1.54) is 38.5 Å². The minimum absolute atomic E-state index is 0.0242. The minimum atomic E-state index is -1.78. The van der Waals surface area contributed by atoms with Crippen LogP contribution < -0.4 is 0 Å². The van der Waals surface area contributed by atoms with Crippen molar-refractivity contribution in [2.75, 3.05) is 0 Å². The summed E-state index contributed by atoms with van der Waals surface area (Å²) in [5, 5.41) is 0. The smallest absolute Gasteiger partial charge is 0.172 e. The van der Waals surface area contributed by atoms with Crippen LogP contribution in [0.2, 0.25) is 0 Å². The summed E-state index contributed by atoms with van der Waals surface area (Å²) in [4.78, 5) is 0. The Morgan fingerprint density at radius 1 is 0.686 bits per heavy atom. The molecule has 6 heteroatoms. The van der Waals surface area contributed by atoms with Gasteiger partial charge in [0.05, 0.1) is 5.56 Å². The highest BCUT2D eigenvalue weighted by molar-refractivity contribution is 5.83. The maximum atomic E-state index is 14.8. The van der Waals surface area contributed by atoms with E-state index in [2.05, 4.69) is 6.92 Å². The third-order valence-corrected chi connectivity index (χ3v) is 8.15. The normalized spacial score (nSPS) is 25.9. The summed E-state index contributed by atoms with van der Waals surface area (Å²) in [5.74, 6) is -6.23. The number of benzene rings is 2. The van der Waals surface area contributed by atoms with Crippen LogP contribution in [0.15, 0.2) is 30.3 Å². The van der Waals surface area contributed by atoms with Gasteiger partial charge >= 0.3 is 0 Å². The molecular formula is C29H32F6. The maximum absolute atomic E-state index is 14.8. The van der Waals surface area contributed by atoms with Gasteiger partial charge in [-0.2, -0.15) is 0 Å². The minimum Gasteiger partial charge on any atom is -0.206 e. The molecule has 0 unspecified atom stereocenters. The molecule has 0 atom stereocenters. The first kappa shape index (κ1) is 25.8. The lowest BCUT2D eigenvalue weighted by Gasteiger charge is -2.38. The van der Waals surface area contributed by atoms with Crippen molar-refractivity contribution in [1.29, 1.82) is 0 Å². The Morgan fingerprint density at radius 3 is 1.80 bits per heavy atom. The van der Waals surface area contributed by atoms with E-state index in [9.17, 15) is 26.3 Å². The Hall–Kier alpha value is -2.24. The lowest BCUT2D eigenvalue weighted by atomic mass is 9.68. The molecule has 0 nitrogen and oxygen atoms in total. The van der Waals surface area contributed by atoms with Crippen LogP contribution in [0.1, 0.15) is 93.7 Å². The molecule has 2 aromatic carbocycles. The zero-order chi connectivity index (χ0) is 25.1. The molecule has 2 fully saturated rings. The molecular weight excluding hydrogens is 462 g/mol. The summed E-state index contributed by atoms with van der Waals surface area (Å²) in [7, 11) is 0. The second-order valence-electron chi connectivity index (χ2n) is 10.3. The van der Waals surface area contributed by atoms with Crippen molar-refractivity contribution in [2.45, 2.75) is 77.0 Å². The zero-order valence-electron chi connectivity index (χ0n) is 20.0. The van der Waals surface area contributed by atoms with Crippen LogP contribution >= 0.6 is 0 Å². The number of hydrogen-bond donors (Lipinski definition) is 0. The topological polar surface area (TPSA) is 0 Å². The van der Waals surface area contributed by atoms with Crippen molar-refractivity contribution < 1.29 is 26.3 Å². The number of hydrogen-bond acceptors (Lipinski definition) is 0. The lowest BCUT2D eigenvalue weighted by molar-refractivity contribution is 0.156. The van der Waals surface area contributed by atoms with Gasteiger partial charge in [-0.05, 0) is 98.1 Å². The molecule has 2 aliphatic rings. The highest BCUT2D eigenvalue weighted by atomic mass is 19.2. The SMILES string of the molecule is CCCC1CCC(C2CCC(c3cc(F)c(C(F)=C(F)c4ccc(F)c(F)c4)c(F)c3)CC2)CC1. The standard InChI is InChI=1S/C29H32F6/c1-2-3-17-4-6-18(7-5-17)19-8-10-20(11-9-19)22-15-25(32)27(26(33)16-22)29(35)28(34)21-12-13-23(30)24(31)14-21/h12-20H,2-11H2,1H3. The monoisotopic (exact) mass is 494 g/mol. The fourth-order valence-corrected chi connectivity index (χ4v) is 6.19. The molecule has 0 N–H and O–H groups in total. The van der Waals surface area contributed by atoms with Crippen molar-refractivity contribution in [3.8, 4) is 0 Å². The molecule has 0 aliphatic heterocycles. The molecule has 0 saturated heterocycles. The average molecular weight is 495 g/mol. The maximum Gasteiger partial charge on any atom is 0.172 e. The van der Waals surface area contributed by atoms with Crippen molar-refractivity contribution in [3.63, 3.8) is 0 Å². The van der Waals surface area contributed by atoms with Crippen molar-refractivity contribution in [3.05, 3.63) is 70.3 Å². The predicted molar refractivity (Wildman–Crippen MR) is 127 cm³/mol. The Labute approximate surface area is 203 Å². The molecule has 2 aliphatic carbocycles. The highest BCUT2D eigenvalue weighted by Gasteiger charge is 2.32. The Kier molecular flexibility index (Phi) is 8.28. The molecule has 35 heavy (non-hydrogen) atoms. The van der Waals surface area contributed by atoms with Gasteiger partial charge in [-0.3, -0.25) is 0 Å². The predicted octanol–water partition coefficient (Wildman–Crippen LogP) is 9.89. The van der Waals surface area contributed by atoms with Crippen LogP contribution in [0, 0.1) is 41.0 Å². The van der Waals surface area contributed by atoms with Gasteiger partial charge in [0.2, 0.25) is 0 Å². The molecule has 0 bridgehead atoms. The molecule has 0 spiro atoms. The van der Waals surface area contributed by atoms with Crippen LogP contribution in [0.4, 0.5) is 26.3 Å². The first-order chi connectivity index (χ1) is 16.8. The summed E-state index contributed by atoms with van der Waals surface area (Å²) in [5.41, 5.74) is -1.31. The van der Waals surface area contributed by atoms with Gasteiger partial charge in [-0.25, -0.2) is 26.3 Å². The highest BCUT2D eigenvalue weighted by Crippen LogP contribution is 2.45. The van der Waals surface area contributed by atoms with Gasteiger partial charge in [0.15, 0.2) is 23.3 Å². The molecule has 4 rings (SSSR count). The Morgan fingerprint density at radius 2 is 1.26 bits per heavy atom. The van der Waals surface area contributed by atoms with Crippen LogP contribution in [0.3, 0.4) is 0 Å². The number of rotatable bonds is 6.